The summed E-state index contributed by atoms with van der Waals surface area (Å²) in [5, 5.41) is 8.23. The van der Waals surface area contributed by atoms with Gasteiger partial charge in [0.05, 0.1) is 13.2 Å². The maximum atomic E-state index is 11.7. The molecule has 7 heteroatoms. The Labute approximate surface area is 131 Å². The van der Waals surface area contributed by atoms with Gasteiger partial charge in [-0.2, -0.15) is 0 Å². The number of amides is 3. The molecular weight excluding hydrogens is 284 g/mol. The molecule has 0 saturated carbocycles. The Bertz CT molecular complexity index is 491. The SMILES string of the molecule is COCCNC(=O)NCc1cccc(NC(=O)CN(C)C)c1. The van der Waals surface area contributed by atoms with E-state index in [1.54, 1.807) is 12.0 Å². The summed E-state index contributed by atoms with van der Waals surface area (Å²) in [6, 6.07) is 7.13. The number of benzene rings is 1. The minimum Gasteiger partial charge on any atom is -0.383 e. The van der Waals surface area contributed by atoms with Gasteiger partial charge in [-0.05, 0) is 31.8 Å². The molecule has 0 aliphatic rings. The highest BCUT2D eigenvalue weighted by Gasteiger charge is 2.05. The molecule has 1 rings (SSSR count). The van der Waals surface area contributed by atoms with Crippen LogP contribution in [0.2, 0.25) is 0 Å². The second-order valence-corrected chi connectivity index (χ2v) is 5.09. The average Bonchev–Trinajstić information content (AvgIpc) is 2.45. The second kappa shape index (κ2) is 9.75. The maximum absolute atomic E-state index is 11.7. The number of ether oxygens (including phenoxy) is 1. The van der Waals surface area contributed by atoms with Crippen LogP contribution in [0.15, 0.2) is 24.3 Å². The Kier molecular flexibility index (Phi) is 7.95. The molecule has 0 heterocycles. The molecule has 0 unspecified atom stereocenters. The molecule has 1 aromatic rings. The fraction of sp³-hybridized carbons (Fsp3) is 0.467. The van der Waals surface area contributed by atoms with Gasteiger partial charge in [0.15, 0.2) is 0 Å². The van der Waals surface area contributed by atoms with E-state index in [1.165, 1.54) is 0 Å². The molecule has 0 aliphatic heterocycles. The molecule has 0 aliphatic carbocycles. The van der Waals surface area contributed by atoms with Crippen LogP contribution in [0.1, 0.15) is 5.56 Å². The Hall–Kier alpha value is -2.12. The fourth-order valence-electron chi connectivity index (χ4n) is 1.76. The third kappa shape index (κ3) is 7.61. The predicted molar refractivity (Wildman–Crippen MR) is 85.7 cm³/mol. The van der Waals surface area contributed by atoms with Gasteiger partial charge in [0, 0.05) is 25.9 Å². The van der Waals surface area contributed by atoms with Crippen molar-refractivity contribution in [2.45, 2.75) is 6.54 Å². The molecule has 0 radical (unpaired) electrons. The molecule has 0 fully saturated rings. The molecule has 0 bridgehead atoms. The summed E-state index contributed by atoms with van der Waals surface area (Å²) in [5.41, 5.74) is 1.62. The summed E-state index contributed by atoms with van der Waals surface area (Å²) in [4.78, 5) is 25.0. The van der Waals surface area contributed by atoms with Gasteiger partial charge < -0.3 is 25.6 Å². The summed E-state index contributed by atoms with van der Waals surface area (Å²) < 4.78 is 4.85. The zero-order valence-corrected chi connectivity index (χ0v) is 13.3. The number of methoxy groups -OCH3 is 1. The molecule has 0 saturated heterocycles. The van der Waals surface area contributed by atoms with Gasteiger partial charge in [-0.3, -0.25) is 4.79 Å². The number of likely N-dealkylation sites (N-methyl/N-ethyl adjacent to an activating group) is 1. The van der Waals surface area contributed by atoms with Crippen LogP contribution < -0.4 is 16.0 Å². The van der Waals surface area contributed by atoms with Gasteiger partial charge in [-0.1, -0.05) is 12.1 Å². The van der Waals surface area contributed by atoms with Crippen LogP contribution in [-0.2, 0) is 16.1 Å². The number of rotatable bonds is 8. The molecule has 0 spiro atoms. The lowest BCUT2D eigenvalue weighted by atomic mass is 10.2. The first-order chi connectivity index (χ1) is 10.5. The van der Waals surface area contributed by atoms with Crippen molar-refractivity contribution in [3.05, 3.63) is 29.8 Å². The summed E-state index contributed by atoms with van der Waals surface area (Å²) in [6.45, 7) is 1.64. The molecule has 3 amide bonds. The lowest BCUT2D eigenvalue weighted by molar-refractivity contribution is -0.116. The number of carbonyl (C=O) groups excluding carboxylic acids is 2. The van der Waals surface area contributed by atoms with Crippen LogP contribution in [0.25, 0.3) is 0 Å². The highest BCUT2D eigenvalue weighted by molar-refractivity contribution is 5.92. The van der Waals surface area contributed by atoms with Crippen LogP contribution in [0.5, 0.6) is 0 Å². The molecule has 0 atom stereocenters. The minimum absolute atomic E-state index is 0.0765. The van der Waals surface area contributed by atoms with Crippen molar-refractivity contribution in [2.24, 2.45) is 0 Å². The van der Waals surface area contributed by atoms with E-state index >= 15 is 0 Å². The smallest absolute Gasteiger partial charge is 0.315 e. The average molecular weight is 308 g/mol. The summed E-state index contributed by atoms with van der Waals surface area (Å²) in [5.74, 6) is -0.0765. The number of hydrogen-bond donors (Lipinski definition) is 3. The zero-order valence-electron chi connectivity index (χ0n) is 13.3. The van der Waals surface area contributed by atoms with Gasteiger partial charge in [0.1, 0.15) is 0 Å². The van der Waals surface area contributed by atoms with E-state index < -0.39 is 0 Å². The van der Waals surface area contributed by atoms with Crippen molar-refractivity contribution in [3.63, 3.8) is 0 Å². The normalized spacial score (nSPS) is 10.4. The third-order valence-corrected chi connectivity index (χ3v) is 2.72. The van der Waals surface area contributed by atoms with Crippen molar-refractivity contribution >= 4 is 17.6 Å². The topological polar surface area (TPSA) is 82.7 Å². The Balaban J connectivity index is 2.43. The van der Waals surface area contributed by atoms with Crippen LogP contribution >= 0.6 is 0 Å². The van der Waals surface area contributed by atoms with Gasteiger partial charge in [0.2, 0.25) is 5.91 Å². The van der Waals surface area contributed by atoms with Gasteiger partial charge in [-0.25, -0.2) is 4.79 Å². The first-order valence-corrected chi connectivity index (χ1v) is 7.05. The van der Waals surface area contributed by atoms with Crippen molar-refractivity contribution < 1.29 is 14.3 Å². The number of nitrogens with zero attached hydrogens (tertiary/aromatic N) is 1. The Morgan fingerprint density at radius 1 is 1.23 bits per heavy atom. The van der Waals surface area contributed by atoms with Crippen molar-refractivity contribution in [1.29, 1.82) is 0 Å². The van der Waals surface area contributed by atoms with Crippen LogP contribution in [0, 0.1) is 0 Å². The van der Waals surface area contributed by atoms with E-state index in [0.29, 0.717) is 31.9 Å². The lowest BCUT2D eigenvalue weighted by Crippen LogP contribution is -2.36. The predicted octanol–water partition coefficient (Wildman–Crippen LogP) is 0.632. The van der Waals surface area contributed by atoms with Crippen LogP contribution in [0.4, 0.5) is 10.5 Å². The fourth-order valence-corrected chi connectivity index (χ4v) is 1.76. The van der Waals surface area contributed by atoms with Gasteiger partial charge in [-0.15, -0.1) is 0 Å². The van der Waals surface area contributed by atoms with E-state index in [1.807, 2.05) is 38.4 Å². The van der Waals surface area contributed by atoms with E-state index in [-0.39, 0.29) is 11.9 Å². The molecule has 7 nitrogen and oxygen atoms in total. The standard InChI is InChI=1S/C15H24N4O3/c1-19(2)11-14(20)18-13-6-4-5-12(9-13)10-17-15(21)16-7-8-22-3/h4-6,9H,7-8,10-11H2,1-3H3,(H,18,20)(H2,16,17,21). The first kappa shape index (κ1) is 17.9. The van der Waals surface area contributed by atoms with E-state index in [9.17, 15) is 9.59 Å². The second-order valence-electron chi connectivity index (χ2n) is 5.09. The molecule has 1 aromatic carbocycles. The lowest BCUT2D eigenvalue weighted by Gasteiger charge is -2.11. The molecule has 122 valence electrons. The van der Waals surface area contributed by atoms with Crippen LogP contribution in [-0.4, -0.2) is 57.7 Å². The largest absolute Gasteiger partial charge is 0.383 e. The van der Waals surface area contributed by atoms with Gasteiger partial charge in [0.25, 0.3) is 0 Å². The quantitative estimate of drug-likeness (QED) is 0.615. The third-order valence-electron chi connectivity index (χ3n) is 2.72. The van der Waals surface area contributed by atoms with Gasteiger partial charge >= 0.3 is 6.03 Å². The van der Waals surface area contributed by atoms with E-state index in [4.69, 9.17) is 4.74 Å². The van der Waals surface area contributed by atoms with Crippen LogP contribution in [0.3, 0.4) is 0 Å². The molecular formula is C15H24N4O3. The molecule has 0 aromatic heterocycles. The van der Waals surface area contributed by atoms with E-state index in [0.717, 1.165) is 5.56 Å². The van der Waals surface area contributed by atoms with Crippen molar-refractivity contribution in [2.75, 3.05) is 46.2 Å². The molecule has 22 heavy (non-hydrogen) atoms. The Morgan fingerprint density at radius 3 is 2.68 bits per heavy atom. The molecule has 3 N–H and O–H groups in total. The van der Waals surface area contributed by atoms with Crippen molar-refractivity contribution in [1.82, 2.24) is 15.5 Å². The van der Waals surface area contributed by atoms with Crippen molar-refractivity contribution in [3.8, 4) is 0 Å². The number of anilines is 1. The first-order valence-electron chi connectivity index (χ1n) is 7.05. The number of hydrogen-bond acceptors (Lipinski definition) is 4. The number of urea groups is 1. The monoisotopic (exact) mass is 308 g/mol. The number of nitrogens with one attached hydrogen (secondary N) is 3. The summed E-state index contributed by atoms with van der Waals surface area (Å²) >= 11 is 0. The highest BCUT2D eigenvalue weighted by Crippen LogP contribution is 2.10. The summed E-state index contributed by atoms with van der Waals surface area (Å²) in [7, 11) is 5.25. The summed E-state index contributed by atoms with van der Waals surface area (Å²) in [6.07, 6.45) is 0. The maximum Gasteiger partial charge on any atom is 0.315 e. The highest BCUT2D eigenvalue weighted by atomic mass is 16.5. The zero-order chi connectivity index (χ0) is 16.4. The Morgan fingerprint density at radius 2 is 2.00 bits per heavy atom. The number of carbonyl (C=O) groups is 2. The van der Waals surface area contributed by atoms with E-state index in [2.05, 4.69) is 16.0 Å². The minimum atomic E-state index is -0.251.